The minimum atomic E-state index is -0.193. The molecule has 0 saturated carbocycles. The molecule has 0 aromatic heterocycles. The van der Waals surface area contributed by atoms with Gasteiger partial charge >= 0.3 is 0 Å². The number of aryl methyl sites for hydroxylation is 1. The number of quaternary nitrogens is 1. The topological polar surface area (TPSA) is 40.5 Å². The molecule has 1 aliphatic carbocycles. The summed E-state index contributed by atoms with van der Waals surface area (Å²) in [5.41, 5.74) is 3.48. The van der Waals surface area contributed by atoms with Gasteiger partial charge in [-0.3, -0.25) is 0 Å². The maximum atomic E-state index is 9.94. The Morgan fingerprint density at radius 2 is 1.52 bits per heavy atom. The van der Waals surface area contributed by atoms with Gasteiger partial charge in [-0.25, -0.2) is 0 Å². The molecule has 0 bridgehead atoms. The van der Waals surface area contributed by atoms with Crippen LogP contribution in [-0.4, -0.2) is 35.8 Å². The first-order chi connectivity index (χ1) is 9.84. The van der Waals surface area contributed by atoms with Crippen LogP contribution in [0.3, 0.4) is 0 Å². The molecule has 3 nitrogen and oxygen atoms in total. The van der Waals surface area contributed by atoms with Gasteiger partial charge in [0.05, 0.1) is 21.1 Å². The summed E-state index contributed by atoms with van der Waals surface area (Å²) in [5.74, 6) is 0.594. The van der Waals surface area contributed by atoms with E-state index in [-0.39, 0.29) is 11.3 Å². The van der Waals surface area contributed by atoms with E-state index in [1.54, 1.807) is 18.2 Å². The maximum absolute atomic E-state index is 9.94. The molecule has 0 amide bonds. The third-order valence-electron chi connectivity index (χ3n) is 4.79. The first-order valence-corrected chi connectivity index (χ1v) is 7.28. The Labute approximate surface area is 125 Å². The van der Waals surface area contributed by atoms with E-state index in [0.717, 1.165) is 17.3 Å². The van der Waals surface area contributed by atoms with Crippen molar-refractivity contribution in [2.24, 2.45) is 0 Å². The van der Waals surface area contributed by atoms with Gasteiger partial charge in [0.2, 0.25) is 0 Å². The molecule has 2 aromatic rings. The lowest BCUT2D eigenvalue weighted by molar-refractivity contribution is -0.924. The number of nitrogens with zero attached hydrogens (tertiary/aromatic N) is 1. The summed E-state index contributed by atoms with van der Waals surface area (Å²) < 4.78 is 0.744. The minimum absolute atomic E-state index is 0.193. The summed E-state index contributed by atoms with van der Waals surface area (Å²) >= 11 is 0. The Bertz CT molecular complexity index is 671. The second kappa shape index (κ2) is 4.50. The molecule has 0 spiro atoms. The minimum Gasteiger partial charge on any atom is -0.508 e. The number of benzene rings is 2. The molecule has 0 fully saturated rings. The zero-order chi connectivity index (χ0) is 15.3. The van der Waals surface area contributed by atoms with E-state index in [4.69, 9.17) is 0 Å². The van der Waals surface area contributed by atoms with Gasteiger partial charge < -0.3 is 14.7 Å². The van der Waals surface area contributed by atoms with Crippen LogP contribution in [0.5, 0.6) is 11.5 Å². The van der Waals surface area contributed by atoms with Gasteiger partial charge in [-0.05, 0) is 48.4 Å². The van der Waals surface area contributed by atoms with E-state index >= 15 is 0 Å². The van der Waals surface area contributed by atoms with Crippen LogP contribution in [-0.2, 0) is 12.0 Å². The summed E-state index contributed by atoms with van der Waals surface area (Å²) in [6, 6.07) is 13.2. The average molecular weight is 284 g/mol. The summed E-state index contributed by atoms with van der Waals surface area (Å²) in [6.07, 6.45) is 2.01. The third-order valence-corrected chi connectivity index (χ3v) is 4.79. The lowest BCUT2D eigenvalue weighted by atomic mass is 9.81. The van der Waals surface area contributed by atoms with E-state index in [1.165, 1.54) is 16.7 Å². The largest absolute Gasteiger partial charge is 0.508 e. The average Bonchev–Trinajstić information content (AvgIpc) is 2.79. The molecule has 1 aliphatic rings. The molecule has 0 heterocycles. The van der Waals surface area contributed by atoms with Gasteiger partial charge in [0.15, 0.2) is 5.54 Å². The molecule has 3 heteroatoms. The normalized spacial score (nSPS) is 21.3. The standard InChI is InChI=1S/C18H21NO2/c1-19(2,3)18(14-5-8-15(20)9-6-14)11-10-13-4-7-16(21)12-17(13)18/h4-9,12H,10-11H2,1-3H3,(H-,20,21)/p+1. The molecule has 0 saturated heterocycles. The molecule has 2 aromatic carbocycles. The van der Waals surface area contributed by atoms with E-state index < -0.39 is 0 Å². The van der Waals surface area contributed by atoms with Gasteiger partial charge in [0, 0.05) is 17.5 Å². The number of rotatable bonds is 2. The van der Waals surface area contributed by atoms with E-state index in [1.807, 2.05) is 24.3 Å². The molecule has 0 aliphatic heterocycles. The second-order valence-electron chi connectivity index (χ2n) is 6.76. The van der Waals surface area contributed by atoms with Crippen LogP contribution in [0, 0.1) is 0 Å². The van der Waals surface area contributed by atoms with Crippen molar-refractivity contribution in [3.05, 3.63) is 59.2 Å². The van der Waals surface area contributed by atoms with Gasteiger partial charge in [-0.2, -0.15) is 0 Å². The molecular formula is C18H22NO2+. The van der Waals surface area contributed by atoms with Crippen LogP contribution in [0.4, 0.5) is 0 Å². The molecule has 110 valence electrons. The van der Waals surface area contributed by atoms with Crippen molar-refractivity contribution >= 4 is 0 Å². The van der Waals surface area contributed by atoms with Crippen molar-refractivity contribution in [2.45, 2.75) is 18.4 Å². The molecule has 3 rings (SSSR count). The van der Waals surface area contributed by atoms with E-state index in [2.05, 4.69) is 21.1 Å². The van der Waals surface area contributed by atoms with Gasteiger partial charge in [0.25, 0.3) is 0 Å². The van der Waals surface area contributed by atoms with Crippen molar-refractivity contribution < 1.29 is 14.7 Å². The third kappa shape index (κ3) is 2.00. The van der Waals surface area contributed by atoms with Crippen molar-refractivity contribution in [2.75, 3.05) is 21.1 Å². The molecular weight excluding hydrogens is 262 g/mol. The van der Waals surface area contributed by atoms with Gasteiger partial charge in [0.1, 0.15) is 11.5 Å². The Kier molecular flexibility index (Phi) is 2.99. The molecule has 2 N–H and O–H groups in total. The van der Waals surface area contributed by atoms with Crippen LogP contribution in [0.1, 0.15) is 23.1 Å². The van der Waals surface area contributed by atoms with Crippen molar-refractivity contribution in [1.82, 2.24) is 0 Å². The summed E-state index contributed by atoms with van der Waals surface area (Å²) in [4.78, 5) is 0. The van der Waals surface area contributed by atoms with E-state index in [9.17, 15) is 10.2 Å². The molecule has 0 radical (unpaired) electrons. The smallest absolute Gasteiger partial charge is 0.151 e. The molecule has 21 heavy (non-hydrogen) atoms. The highest BCUT2D eigenvalue weighted by Crippen LogP contribution is 2.49. The fraction of sp³-hybridized carbons (Fsp3) is 0.333. The number of hydrogen-bond donors (Lipinski definition) is 2. The zero-order valence-electron chi connectivity index (χ0n) is 12.8. The van der Waals surface area contributed by atoms with Crippen LogP contribution in [0.2, 0.25) is 0 Å². The highest BCUT2D eigenvalue weighted by atomic mass is 16.3. The highest BCUT2D eigenvalue weighted by molar-refractivity contribution is 5.49. The number of phenols is 2. The predicted molar refractivity (Wildman–Crippen MR) is 83.3 cm³/mol. The van der Waals surface area contributed by atoms with Crippen LogP contribution in [0.15, 0.2) is 42.5 Å². The lowest BCUT2D eigenvalue weighted by Crippen LogP contribution is -2.54. The second-order valence-corrected chi connectivity index (χ2v) is 6.76. The molecule has 1 unspecified atom stereocenters. The summed E-state index contributed by atoms with van der Waals surface area (Å²) in [7, 11) is 6.56. The summed E-state index contributed by atoms with van der Waals surface area (Å²) in [5, 5.41) is 19.5. The van der Waals surface area contributed by atoms with E-state index in [0.29, 0.717) is 5.75 Å². The molecule has 1 atom stereocenters. The quantitative estimate of drug-likeness (QED) is 0.832. The summed E-state index contributed by atoms with van der Waals surface area (Å²) in [6.45, 7) is 0. The first-order valence-electron chi connectivity index (χ1n) is 7.28. The van der Waals surface area contributed by atoms with Gasteiger partial charge in [-0.1, -0.05) is 6.07 Å². The fourth-order valence-corrected chi connectivity index (χ4v) is 3.74. The number of hydrogen-bond acceptors (Lipinski definition) is 2. The Morgan fingerprint density at radius 3 is 2.14 bits per heavy atom. The first kappa shape index (κ1) is 14.0. The van der Waals surface area contributed by atoms with Crippen LogP contribution >= 0.6 is 0 Å². The van der Waals surface area contributed by atoms with Crippen molar-refractivity contribution in [1.29, 1.82) is 0 Å². The number of phenolic OH excluding ortho intramolecular Hbond substituents is 2. The number of fused-ring (bicyclic) bond motifs is 1. The van der Waals surface area contributed by atoms with Crippen LogP contribution < -0.4 is 0 Å². The van der Waals surface area contributed by atoms with Gasteiger partial charge in [-0.15, -0.1) is 0 Å². The zero-order valence-corrected chi connectivity index (χ0v) is 12.8. The predicted octanol–water partition coefficient (Wildman–Crippen LogP) is 2.99. The SMILES string of the molecule is C[N+](C)(C)C1(c2ccc(O)cc2)CCc2ccc(O)cc21. The fourth-order valence-electron chi connectivity index (χ4n) is 3.74. The lowest BCUT2D eigenvalue weighted by Gasteiger charge is -2.45. The monoisotopic (exact) mass is 284 g/mol. The Morgan fingerprint density at radius 1 is 0.905 bits per heavy atom. The maximum Gasteiger partial charge on any atom is 0.151 e. The highest BCUT2D eigenvalue weighted by Gasteiger charge is 2.50. The van der Waals surface area contributed by atoms with Crippen molar-refractivity contribution in [3.8, 4) is 11.5 Å². The number of aromatic hydroxyl groups is 2. The Hall–Kier alpha value is -2.00. The van der Waals surface area contributed by atoms with Crippen molar-refractivity contribution in [3.63, 3.8) is 0 Å². The van der Waals surface area contributed by atoms with Crippen LogP contribution in [0.25, 0.3) is 0 Å². The Balaban J connectivity index is 2.27.